The monoisotopic (exact) mass is 232 g/mol. The molecule has 0 N–H and O–H groups in total. The minimum Gasteiger partial charge on any atom is -0.205 e. The summed E-state index contributed by atoms with van der Waals surface area (Å²) >= 11 is 0. The lowest BCUT2D eigenvalue weighted by molar-refractivity contribution is -0.319. The average molecular weight is 232 g/mol. The third-order valence-corrected chi connectivity index (χ3v) is 2.97. The summed E-state index contributed by atoms with van der Waals surface area (Å²) in [6, 6.07) is 0. The van der Waals surface area contributed by atoms with Crippen LogP contribution in [0.1, 0.15) is 41.0 Å². The Morgan fingerprint density at radius 3 is 1.20 bits per heavy atom. The van der Waals surface area contributed by atoms with Crippen molar-refractivity contribution < 1.29 is 22.0 Å². The molecule has 0 aromatic rings. The number of rotatable bonds is 2. The lowest BCUT2D eigenvalue weighted by Crippen LogP contribution is -2.55. The Hall–Kier alpha value is -0.350. The molecule has 0 amide bonds. The second-order valence-corrected chi connectivity index (χ2v) is 5.01. The normalized spacial score (nSPS) is 18.8. The maximum Gasteiger partial charge on any atom is 0.399 e. The first kappa shape index (κ1) is 14.6. The van der Waals surface area contributed by atoms with E-state index in [0.29, 0.717) is 6.92 Å². The quantitative estimate of drug-likeness (QED) is 0.608. The lowest BCUT2D eigenvalue weighted by Gasteiger charge is -2.44. The molecule has 0 nitrogen and oxygen atoms in total. The highest BCUT2D eigenvalue weighted by Gasteiger charge is 2.68. The van der Waals surface area contributed by atoms with E-state index < -0.39 is 29.3 Å². The van der Waals surface area contributed by atoms with Gasteiger partial charge in [0.05, 0.1) is 0 Å². The minimum atomic E-state index is -4.90. The first-order chi connectivity index (χ1) is 6.31. The van der Waals surface area contributed by atoms with E-state index in [2.05, 4.69) is 0 Å². The van der Waals surface area contributed by atoms with Gasteiger partial charge in [-0.15, -0.1) is 0 Å². The van der Waals surface area contributed by atoms with Gasteiger partial charge in [-0.3, -0.25) is 0 Å². The number of hydrogen-bond donors (Lipinski definition) is 0. The third-order valence-electron chi connectivity index (χ3n) is 2.97. The van der Waals surface area contributed by atoms with Crippen molar-refractivity contribution in [2.24, 2.45) is 10.8 Å². The average Bonchev–Trinajstić information content (AvgIpc) is 1.98. The van der Waals surface area contributed by atoms with Gasteiger partial charge in [0.15, 0.2) is 0 Å². The molecule has 0 saturated carbocycles. The van der Waals surface area contributed by atoms with E-state index in [4.69, 9.17) is 0 Å². The van der Waals surface area contributed by atoms with E-state index in [0.717, 1.165) is 27.7 Å². The van der Waals surface area contributed by atoms with Gasteiger partial charge in [0.1, 0.15) is 5.41 Å². The highest BCUT2D eigenvalue weighted by atomic mass is 19.4. The Kier molecular flexibility index (Phi) is 3.51. The van der Waals surface area contributed by atoms with E-state index in [1.165, 1.54) is 0 Å². The van der Waals surface area contributed by atoms with Gasteiger partial charge in [0, 0.05) is 5.41 Å². The van der Waals surface area contributed by atoms with Crippen LogP contribution >= 0.6 is 0 Å². The Morgan fingerprint density at radius 2 is 1.13 bits per heavy atom. The molecule has 92 valence electrons. The number of hydrogen-bond acceptors (Lipinski definition) is 0. The second kappa shape index (κ2) is 3.59. The molecule has 0 bridgehead atoms. The highest BCUT2D eigenvalue weighted by molar-refractivity contribution is 5.00. The molecule has 1 atom stereocenters. The van der Waals surface area contributed by atoms with Gasteiger partial charge in [-0.1, -0.05) is 27.7 Å². The molecule has 15 heavy (non-hydrogen) atoms. The zero-order valence-electron chi connectivity index (χ0n) is 9.60. The van der Waals surface area contributed by atoms with Crippen LogP contribution in [-0.4, -0.2) is 12.1 Å². The molecular formula is C10H17F5. The minimum absolute atomic E-state index is 0.582. The van der Waals surface area contributed by atoms with E-state index in [1.807, 2.05) is 0 Å². The van der Waals surface area contributed by atoms with Gasteiger partial charge in [0.25, 0.3) is 5.92 Å². The van der Waals surface area contributed by atoms with Gasteiger partial charge >= 0.3 is 6.18 Å². The molecule has 5 heteroatoms. The maximum absolute atomic E-state index is 13.8. The van der Waals surface area contributed by atoms with Crippen molar-refractivity contribution in [3.05, 3.63) is 0 Å². The van der Waals surface area contributed by atoms with Crippen molar-refractivity contribution in [2.75, 3.05) is 0 Å². The van der Waals surface area contributed by atoms with E-state index in [-0.39, 0.29) is 0 Å². The topological polar surface area (TPSA) is 0 Å². The molecular weight excluding hydrogens is 215 g/mol. The van der Waals surface area contributed by atoms with Crippen molar-refractivity contribution in [1.29, 1.82) is 0 Å². The second-order valence-electron chi connectivity index (χ2n) is 5.01. The molecule has 0 heterocycles. The van der Waals surface area contributed by atoms with Gasteiger partial charge in [-0.25, -0.2) is 8.78 Å². The molecule has 0 spiro atoms. The van der Waals surface area contributed by atoms with Crippen molar-refractivity contribution in [2.45, 2.75) is 53.1 Å². The highest BCUT2D eigenvalue weighted by Crippen LogP contribution is 2.57. The third kappa shape index (κ3) is 2.11. The fraction of sp³-hybridized carbons (Fsp3) is 1.00. The first-order valence-corrected chi connectivity index (χ1v) is 4.76. The zero-order valence-corrected chi connectivity index (χ0v) is 9.60. The SMILES string of the molecule is CCC(C)(C(F)(F)F)C(F)(F)C(C)(C)C. The van der Waals surface area contributed by atoms with Crippen LogP contribution < -0.4 is 0 Å². The van der Waals surface area contributed by atoms with Crippen LogP contribution in [0.5, 0.6) is 0 Å². The van der Waals surface area contributed by atoms with Crippen LogP contribution in [0.4, 0.5) is 22.0 Å². The summed E-state index contributed by atoms with van der Waals surface area (Å²) in [5.74, 6) is -3.80. The Labute approximate surface area is 86.9 Å². The van der Waals surface area contributed by atoms with E-state index in [1.54, 1.807) is 0 Å². The molecule has 1 unspecified atom stereocenters. The summed E-state index contributed by atoms with van der Waals surface area (Å²) in [5, 5.41) is 0. The number of halogens is 5. The van der Waals surface area contributed by atoms with Gasteiger partial charge in [-0.05, 0) is 13.3 Å². The molecule has 0 aliphatic heterocycles. The molecule has 0 saturated heterocycles. The Morgan fingerprint density at radius 1 is 0.800 bits per heavy atom. The fourth-order valence-corrected chi connectivity index (χ4v) is 1.43. The van der Waals surface area contributed by atoms with E-state index >= 15 is 0 Å². The summed E-state index contributed by atoms with van der Waals surface area (Å²) in [6.07, 6.45) is -5.54. The summed E-state index contributed by atoms with van der Waals surface area (Å²) in [5.41, 5.74) is -4.69. The van der Waals surface area contributed by atoms with Crippen LogP contribution in [-0.2, 0) is 0 Å². The summed E-state index contributed by atoms with van der Waals surface area (Å²) in [6.45, 7) is 5.07. The molecule has 0 rings (SSSR count). The van der Waals surface area contributed by atoms with Crippen molar-refractivity contribution >= 4 is 0 Å². The first-order valence-electron chi connectivity index (χ1n) is 4.76. The van der Waals surface area contributed by atoms with Crippen molar-refractivity contribution in [1.82, 2.24) is 0 Å². The van der Waals surface area contributed by atoms with Crippen molar-refractivity contribution in [3.8, 4) is 0 Å². The summed E-state index contributed by atoms with van der Waals surface area (Å²) in [7, 11) is 0. The van der Waals surface area contributed by atoms with Crippen LogP contribution in [0.15, 0.2) is 0 Å². The molecule has 0 radical (unpaired) electrons. The number of alkyl halides is 5. The summed E-state index contributed by atoms with van der Waals surface area (Å²) < 4.78 is 65.5. The molecule has 0 aromatic heterocycles. The van der Waals surface area contributed by atoms with Crippen molar-refractivity contribution in [3.63, 3.8) is 0 Å². The van der Waals surface area contributed by atoms with Gasteiger partial charge < -0.3 is 0 Å². The summed E-state index contributed by atoms with van der Waals surface area (Å²) in [4.78, 5) is 0. The standard InChI is InChI=1S/C10H17F5/c1-6-8(5,10(13,14)15)9(11,12)7(2,3)4/h6H2,1-5H3. The predicted octanol–water partition coefficient (Wildman–Crippen LogP) is 4.65. The van der Waals surface area contributed by atoms with E-state index in [9.17, 15) is 22.0 Å². The molecule has 0 fully saturated rings. The molecule has 0 aliphatic rings. The van der Waals surface area contributed by atoms with Crippen LogP contribution in [0.2, 0.25) is 0 Å². The maximum atomic E-state index is 13.8. The fourth-order valence-electron chi connectivity index (χ4n) is 1.43. The smallest absolute Gasteiger partial charge is 0.205 e. The molecule has 0 aromatic carbocycles. The van der Waals surface area contributed by atoms with Crippen LogP contribution in [0.25, 0.3) is 0 Å². The zero-order chi connectivity index (χ0) is 12.7. The van der Waals surface area contributed by atoms with Crippen LogP contribution in [0, 0.1) is 10.8 Å². The largest absolute Gasteiger partial charge is 0.399 e. The van der Waals surface area contributed by atoms with Crippen LogP contribution in [0.3, 0.4) is 0 Å². The Bertz CT molecular complexity index is 223. The predicted molar refractivity (Wildman–Crippen MR) is 48.9 cm³/mol. The van der Waals surface area contributed by atoms with Gasteiger partial charge in [0.2, 0.25) is 0 Å². The molecule has 0 aliphatic carbocycles. The van der Waals surface area contributed by atoms with Gasteiger partial charge in [-0.2, -0.15) is 13.2 Å². The Balaban J connectivity index is 5.50. The lowest BCUT2D eigenvalue weighted by atomic mass is 9.69.